The number of rotatable bonds is 6. The van der Waals surface area contributed by atoms with Gasteiger partial charge in [0.05, 0.1) is 5.56 Å². The van der Waals surface area contributed by atoms with Gasteiger partial charge in [-0.25, -0.2) is 13.2 Å². The standard InChI is InChI=1S/C30H31F3/c1-2-3-4-21-5-7-22(8-6-21)9-10-24-18-29(32)28(30(33)19-24)16-12-23-11-13-26-20-27(31)15-14-25(26)17-23/h11,13-15,17-22H,2-10H2,1H3. The molecule has 0 N–H and O–H groups in total. The molecular formula is C30H31F3. The molecule has 0 heterocycles. The highest BCUT2D eigenvalue weighted by Gasteiger charge is 2.21. The van der Waals surface area contributed by atoms with Gasteiger partial charge in [-0.3, -0.25) is 0 Å². The Morgan fingerprint density at radius 1 is 0.758 bits per heavy atom. The first kappa shape index (κ1) is 23.4. The summed E-state index contributed by atoms with van der Waals surface area (Å²) in [5.74, 6) is 5.52. The highest BCUT2D eigenvalue weighted by atomic mass is 19.1. The van der Waals surface area contributed by atoms with Crippen molar-refractivity contribution >= 4 is 10.8 Å². The molecular weight excluding hydrogens is 417 g/mol. The Bertz CT molecular complexity index is 1140. The molecule has 0 unspecified atom stereocenters. The first-order chi connectivity index (χ1) is 16.0. The van der Waals surface area contributed by atoms with Gasteiger partial charge in [0.25, 0.3) is 0 Å². The molecule has 0 amide bonds. The zero-order valence-corrected chi connectivity index (χ0v) is 19.3. The van der Waals surface area contributed by atoms with Crippen LogP contribution < -0.4 is 0 Å². The van der Waals surface area contributed by atoms with Crippen LogP contribution in [0.25, 0.3) is 10.8 Å². The van der Waals surface area contributed by atoms with Gasteiger partial charge in [0.1, 0.15) is 17.5 Å². The third-order valence-corrected chi connectivity index (χ3v) is 7.01. The van der Waals surface area contributed by atoms with E-state index in [9.17, 15) is 13.2 Å². The summed E-state index contributed by atoms with van der Waals surface area (Å²) in [6.07, 6.45) is 10.7. The SMILES string of the molecule is CCCCC1CCC(CCc2cc(F)c(C#Cc3ccc4cc(F)ccc4c3)c(F)c2)CC1. The second-order valence-electron chi connectivity index (χ2n) is 9.46. The highest BCUT2D eigenvalue weighted by Crippen LogP contribution is 2.34. The summed E-state index contributed by atoms with van der Waals surface area (Å²) in [4.78, 5) is 0. The second kappa shape index (κ2) is 10.9. The Kier molecular flexibility index (Phi) is 7.76. The summed E-state index contributed by atoms with van der Waals surface area (Å²) >= 11 is 0. The molecule has 0 bridgehead atoms. The Morgan fingerprint density at radius 2 is 1.39 bits per heavy atom. The Balaban J connectivity index is 1.39. The Labute approximate surface area is 195 Å². The van der Waals surface area contributed by atoms with Crippen molar-refractivity contribution in [1.29, 1.82) is 0 Å². The van der Waals surface area contributed by atoms with Crippen LogP contribution in [0.15, 0.2) is 48.5 Å². The summed E-state index contributed by atoms with van der Waals surface area (Å²) in [5.41, 5.74) is 1.14. The normalized spacial score (nSPS) is 18.2. The van der Waals surface area contributed by atoms with Crippen molar-refractivity contribution in [2.45, 2.75) is 64.7 Å². The van der Waals surface area contributed by atoms with E-state index in [-0.39, 0.29) is 11.4 Å². The smallest absolute Gasteiger partial charge is 0.142 e. The van der Waals surface area contributed by atoms with Gasteiger partial charge < -0.3 is 0 Å². The molecule has 4 rings (SSSR count). The average molecular weight is 449 g/mol. The first-order valence-corrected chi connectivity index (χ1v) is 12.2. The average Bonchev–Trinajstić information content (AvgIpc) is 2.81. The van der Waals surface area contributed by atoms with Crippen LogP contribution in [0.3, 0.4) is 0 Å². The number of unbranched alkanes of at least 4 members (excludes halogenated alkanes) is 1. The summed E-state index contributed by atoms with van der Waals surface area (Å²) in [7, 11) is 0. The van der Waals surface area contributed by atoms with Crippen LogP contribution in [0.5, 0.6) is 0 Å². The molecule has 0 saturated heterocycles. The lowest BCUT2D eigenvalue weighted by atomic mass is 9.78. The maximum absolute atomic E-state index is 14.7. The molecule has 3 heteroatoms. The van der Waals surface area contributed by atoms with E-state index in [1.165, 1.54) is 69.2 Å². The molecule has 1 saturated carbocycles. The largest absolute Gasteiger partial charge is 0.207 e. The fourth-order valence-corrected chi connectivity index (χ4v) is 4.99. The van der Waals surface area contributed by atoms with Gasteiger partial charge >= 0.3 is 0 Å². The van der Waals surface area contributed by atoms with Crippen molar-refractivity contribution in [1.82, 2.24) is 0 Å². The molecule has 0 radical (unpaired) electrons. The number of aryl methyl sites for hydroxylation is 1. The van der Waals surface area contributed by atoms with Gasteiger partial charge in [0.15, 0.2) is 0 Å². The van der Waals surface area contributed by atoms with E-state index in [0.29, 0.717) is 23.5 Å². The lowest BCUT2D eigenvalue weighted by molar-refractivity contribution is 0.250. The third-order valence-electron chi connectivity index (χ3n) is 7.01. The Hall–Kier alpha value is -2.73. The lowest BCUT2D eigenvalue weighted by Crippen LogP contribution is -2.15. The summed E-state index contributed by atoms with van der Waals surface area (Å²) in [6, 6.07) is 12.7. The summed E-state index contributed by atoms with van der Waals surface area (Å²) in [6.45, 7) is 2.24. The van der Waals surface area contributed by atoms with Gasteiger partial charge in [-0.1, -0.05) is 75.8 Å². The number of halogens is 3. The van der Waals surface area contributed by atoms with Gasteiger partial charge in [0, 0.05) is 5.56 Å². The minimum Gasteiger partial charge on any atom is -0.207 e. The quantitative estimate of drug-likeness (QED) is 0.331. The predicted molar refractivity (Wildman–Crippen MR) is 130 cm³/mol. The van der Waals surface area contributed by atoms with Crippen LogP contribution in [-0.4, -0.2) is 0 Å². The third kappa shape index (κ3) is 6.20. The van der Waals surface area contributed by atoms with E-state index in [1.807, 2.05) is 0 Å². The minimum atomic E-state index is -0.608. The van der Waals surface area contributed by atoms with Gasteiger partial charge in [0.2, 0.25) is 0 Å². The van der Waals surface area contributed by atoms with E-state index < -0.39 is 11.6 Å². The van der Waals surface area contributed by atoms with Crippen LogP contribution in [-0.2, 0) is 6.42 Å². The van der Waals surface area contributed by atoms with E-state index in [2.05, 4.69) is 18.8 Å². The van der Waals surface area contributed by atoms with Crippen molar-refractivity contribution in [2.75, 3.05) is 0 Å². The van der Waals surface area contributed by atoms with Crippen LogP contribution in [0, 0.1) is 41.1 Å². The van der Waals surface area contributed by atoms with E-state index in [1.54, 1.807) is 24.3 Å². The van der Waals surface area contributed by atoms with Gasteiger partial charge in [-0.15, -0.1) is 0 Å². The predicted octanol–water partition coefficient (Wildman–Crippen LogP) is 8.59. The maximum atomic E-state index is 14.7. The van der Waals surface area contributed by atoms with Crippen LogP contribution >= 0.6 is 0 Å². The summed E-state index contributed by atoms with van der Waals surface area (Å²) in [5, 5.41) is 1.59. The molecule has 0 aromatic heterocycles. The van der Waals surface area contributed by atoms with E-state index >= 15 is 0 Å². The summed E-state index contributed by atoms with van der Waals surface area (Å²) < 4.78 is 42.7. The molecule has 172 valence electrons. The molecule has 3 aromatic rings. The van der Waals surface area contributed by atoms with Crippen molar-refractivity contribution < 1.29 is 13.2 Å². The van der Waals surface area contributed by atoms with Crippen molar-refractivity contribution in [3.63, 3.8) is 0 Å². The van der Waals surface area contributed by atoms with Crippen molar-refractivity contribution in [2.24, 2.45) is 11.8 Å². The molecule has 0 spiro atoms. The second-order valence-corrected chi connectivity index (χ2v) is 9.46. The van der Waals surface area contributed by atoms with Crippen LogP contribution in [0.4, 0.5) is 13.2 Å². The zero-order valence-electron chi connectivity index (χ0n) is 19.3. The topological polar surface area (TPSA) is 0 Å². The molecule has 1 aliphatic carbocycles. The molecule has 0 atom stereocenters. The Morgan fingerprint density at radius 3 is 2.09 bits per heavy atom. The van der Waals surface area contributed by atoms with Crippen LogP contribution in [0.1, 0.15) is 75.0 Å². The number of fused-ring (bicyclic) bond motifs is 1. The van der Waals surface area contributed by atoms with Gasteiger partial charge in [-0.05, 0) is 77.4 Å². The first-order valence-electron chi connectivity index (χ1n) is 12.2. The molecule has 1 fully saturated rings. The molecule has 33 heavy (non-hydrogen) atoms. The lowest BCUT2D eigenvalue weighted by Gasteiger charge is -2.28. The fraction of sp³-hybridized carbons (Fsp3) is 0.400. The zero-order chi connectivity index (χ0) is 23.2. The van der Waals surface area contributed by atoms with E-state index in [4.69, 9.17) is 0 Å². The fourth-order valence-electron chi connectivity index (χ4n) is 4.99. The molecule has 3 aromatic carbocycles. The van der Waals surface area contributed by atoms with Crippen LogP contribution in [0.2, 0.25) is 0 Å². The number of benzene rings is 3. The minimum absolute atomic E-state index is 0.200. The molecule has 0 nitrogen and oxygen atoms in total. The number of hydrogen-bond acceptors (Lipinski definition) is 0. The van der Waals surface area contributed by atoms with Crippen molar-refractivity contribution in [3.05, 3.63) is 82.7 Å². The maximum Gasteiger partial charge on any atom is 0.142 e. The number of hydrogen-bond donors (Lipinski definition) is 0. The molecule has 1 aliphatic rings. The molecule has 0 aliphatic heterocycles. The van der Waals surface area contributed by atoms with Crippen molar-refractivity contribution in [3.8, 4) is 11.8 Å². The van der Waals surface area contributed by atoms with Gasteiger partial charge in [-0.2, -0.15) is 0 Å². The monoisotopic (exact) mass is 448 g/mol. The van der Waals surface area contributed by atoms with E-state index in [0.717, 1.165) is 23.1 Å². The highest BCUT2D eigenvalue weighted by molar-refractivity contribution is 5.84.